The van der Waals surface area contributed by atoms with Crippen LogP contribution in [-0.4, -0.2) is 53.3 Å². The second kappa shape index (κ2) is 5.56. The average Bonchev–Trinajstić information content (AvgIpc) is 2.54. The number of carbonyl (C=O) groups excluding carboxylic acids is 2. The molecule has 0 aromatic carbocycles. The quantitative estimate of drug-likeness (QED) is 0.825. The first kappa shape index (κ1) is 13.8. The lowest BCUT2D eigenvalue weighted by Gasteiger charge is -2.20. The highest BCUT2D eigenvalue weighted by Crippen LogP contribution is 2.18. The largest absolute Gasteiger partial charge is 0.383 e. The number of aromatic nitrogens is 1. The molecule has 0 saturated carbocycles. The van der Waals surface area contributed by atoms with Crippen LogP contribution in [0.3, 0.4) is 0 Å². The highest BCUT2D eigenvalue weighted by Gasteiger charge is 2.25. The van der Waals surface area contributed by atoms with E-state index in [0.717, 1.165) is 6.42 Å². The van der Waals surface area contributed by atoms with Gasteiger partial charge in [-0.15, -0.1) is 0 Å². The van der Waals surface area contributed by atoms with Crippen LogP contribution in [0.15, 0.2) is 16.7 Å². The van der Waals surface area contributed by atoms with Gasteiger partial charge in [0.05, 0.1) is 5.56 Å². The summed E-state index contributed by atoms with van der Waals surface area (Å²) in [7, 11) is 1.74. The number of amides is 2. The molecule has 2 heterocycles. The lowest BCUT2D eigenvalue weighted by atomic mass is 10.2. The summed E-state index contributed by atoms with van der Waals surface area (Å²) in [5, 5.41) is 0. The zero-order valence-corrected chi connectivity index (χ0v) is 12.2. The van der Waals surface area contributed by atoms with Crippen molar-refractivity contribution in [2.75, 3.05) is 32.4 Å². The summed E-state index contributed by atoms with van der Waals surface area (Å²) in [6, 6.07) is 1.63. The van der Waals surface area contributed by atoms with Gasteiger partial charge in [0.15, 0.2) is 0 Å². The van der Waals surface area contributed by atoms with Crippen molar-refractivity contribution in [2.45, 2.75) is 6.42 Å². The molecule has 1 aliphatic rings. The van der Waals surface area contributed by atoms with E-state index in [1.54, 1.807) is 18.0 Å². The van der Waals surface area contributed by atoms with Gasteiger partial charge in [-0.3, -0.25) is 9.59 Å². The van der Waals surface area contributed by atoms with E-state index in [1.165, 1.54) is 11.1 Å². The van der Waals surface area contributed by atoms with Crippen LogP contribution >= 0.6 is 15.9 Å². The van der Waals surface area contributed by atoms with Crippen LogP contribution in [-0.2, 0) is 4.79 Å². The van der Waals surface area contributed by atoms with E-state index in [2.05, 4.69) is 20.9 Å². The van der Waals surface area contributed by atoms with E-state index in [9.17, 15) is 9.59 Å². The van der Waals surface area contributed by atoms with Crippen LogP contribution in [0.5, 0.6) is 0 Å². The normalized spacial score (nSPS) is 16.4. The van der Waals surface area contributed by atoms with E-state index < -0.39 is 0 Å². The molecular formula is C12H15BrN4O2. The van der Waals surface area contributed by atoms with Crippen molar-refractivity contribution in [3.05, 3.63) is 22.3 Å². The molecule has 0 unspecified atom stereocenters. The summed E-state index contributed by atoms with van der Waals surface area (Å²) in [4.78, 5) is 31.3. The fourth-order valence-corrected chi connectivity index (χ4v) is 2.28. The molecule has 0 bridgehead atoms. The first-order chi connectivity index (χ1) is 8.99. The second-order valence-corrected chi connectivity index (χ2v) is 5.40. The smallest absolute Gasteiger partial charge is 0.258 e. The summed E-state index contributed by atoms with van der Waals surface area (Å²) in [6.07, 6.45) is 2.29. The monoisotopic (exact) mass is 326 g/mol. The molecule has 2 N–H and O–H groups in total. The maximum atomic E-state index is 12.4. The van der Waals surface area contributed by atoms with E-state index in [-0.39, 0.29) is 24.2 Å². The molecular weight excluding hydrogens is 312 g/mol. The van der Waals surface area contributed by atoms with Gasteiger partial charge in [0, 0.05) is 30.8 Å². The van der Waals surface area contributed by atoms with Crippen molar-refractivity contribution < 1.29 is 9.59 Å². The van der Waals surface area contributed by atoms with Gasteiger partial charge >= 0.3 is 0 Å². The minimum Gasteiger partial charge on any atom is -0.383 e. The molecule has 0 aliphatic carbocycles. The van der Waals surface area contributed by atoms with E-state index in [0.29, 0.717) is 23.1 Å². The van der Waals surface area contributed by atoms with Crippen LogP contribution in [0.1, 0.15) is 16.8 Å². The molecule has 0 radical (unpaired) electrons. The number of nitrogens with zero attached hydrogens (tertiary/aromatic N) is 3. The molecule has 6 nitrogen and oxygen atoms in total. The van der Waals surface area contributed by atoms with E-state index >= 15 is 0 Å². The fourth-order valence-electron chi connectivity index (χ4n) is 1.95. The SMILES string of the molecule is CN1CCCN(C(=O)c2cc(Br)cnc2N)CC1=O. The van der Waals surface area contributed by atoms with Crippen LogP contribution in [0, 0.1) is 0 Å². The lowest BCUT2D eigenvalue weighted by Crippen LogP contribution is -2.38. The second-order valence-electron chi connectivity index (χ2n) is 4.48. The van der Waals surface area contributed by atoms with Crippen LogP contribution in [0.25, 0.3) is 0 Å². The molecule has 1 aromatic heterocycles. The first-order valence-electron chi connectivity index (χ1n) is 5.93. The number of pyridine rings is 1. The number of nitrogen functional groups attached to an aromatic ring is 1. The maximum absolute atomic E-state index is 12.4. The van der Waals surface area contributed by atoms with Crippen molar-refractivity contribution in [3.8, 4) is 0 Å². The highest BCUT2D eigenvalue weighted by molar-refractivity contribution is 9.10. The Morgan fingerprint density at radius 1 is 1.47 bits per heavy atom. The van der Waals surface area contributed by atoms with Crippen molar-refractivity contribution >= 4 is 33.6 Å². The predicted molar refractivity (Wildman–Crippen MR) is 74.5 cm³/mol. The van der Waals surface area contributed by atoms with E-state index in [4.69, 9.17) is 5.73 Å². The number of anilines is 1. The predicted octanol–water partition coefficient (Wildman–Crippen LogP) is 0.731. The van der Waals surface area contributed by atoms with Gasteiger partial charge in [-0.1, -0.05) is 0 Å². The average molecular weight is 327 g/mol. The molecule has 2 amide bonds. The Balaban J connectivity index is 2.23. The van der Waals surface area contributed by atoms with Crippen LogP contribution in [0.2, 0.25) is 0 Å². The van der Waals surface area contributed by atoms with Crippen molar-refractivity contribution in [1.29, 1.82) is 0 Å². The fraction of sp³-hybridized carbons (Fsp3) is 0.417. The molecule has 0 atom stereocenters. The third-order valence-electron chi connectivity index (χ3n) is 3.08. The lowest BCUT2D eigenvalue weighted by molar-refractivity contribution is -0.129. The first-order valence-corrected chi connectivity index (χ1v) is 6.72. The number of hydrogen-bond acceptors (Lipinski definition) is 4. The van der Waals surface area contributed by atoms with Gasteiger partial charge < -0.3 is 15.5 Å². The molecule has 2 rings (SSSR count). The minimum atomic E-state index is -0.255. The van der Waals surface area contributed by atoms with Gasteiger partial charge in [-0.25, -0.2) is 4.98 Å². The topological polar surface area (TPSA) is 79.5 Å². The highest BCUT2D eigenvalue weighted by atomic mass is 79.9. The minimum absolute atomic E-state index is 0.0626. The molecule has 19 heavy (non-hydrogen) atoms. The Hall–Kier alpha value is -1.63. The number of nitrogens with two attached hydrogens (primary N) is 1. The Morgan fingerprint density at radius 3 is 2.95 bits per heavy atom. The van der Waals surface area contributed by atoms with Gasteiger partial charge in [-0.2, -0.15) is 0 Å². The number of hydrogen-bond donors (Lipinski definition) is 1. The Morgan fingerprint density at radius 2 is 2.21 bits per heavy atom. The van der Waals surface area contributed by atoms with Gasteiger partial charge in [0.1, 0.15) is 12.4 Å². The zero-order valence-electron chi connectivity index (χ0n) is 10.6. The van der Waals surface area contributed by atoms with Crippen molar-refractivity contribution in [1.82, 2.24) is 14.8 Å². The number of carbonyl (C=O) groups is 2. The van der Waals surface area contributed by atoms with Gasteiger partial charge in [0.2, 0.25) is 5.91 Å². The molecule has 1 fully saturated rings. The third-order valence-corrected chi connectivity index (χ3v) is 3.51. The number of halogens is 1. The molecule has 7 heteroatoms. The summed E-state index contributed by atoms with van der Waals surface area (Å²) in [5.41, 5.74) is 6.05. The molecule has 102 valence electrons. The third kappa shape index (κ3) is 3.04. The number of rotatable bonds is 1. The van der Waals surface area contributed by atoms with Crippen LogP contribution < -0.4 is 5.73 Å². The van der Waals surface area contributed by atoms with Gasteiger partial charge in [0.25, 0.3) is 5.91 Å². The summed E-state index contributed by atoms with van der Waals surface area (Å²) >= 11 is 3.26. The Bertz CT molecular complexity index is 520. The van der Waals surface area contributed by atoms with Gasteiger partial charge in [-0.05, 0) is 28.4 Å². The Kier molecular flexibility index (Phi) is 4.04. The van der Waals surface area contributed by atoms with Crippen molar-refractivity contribution in [3.63, 3.8) is 0 Å². The summed E-state index contributed by atoms with van der Waals surface area (Å²) < 4.78 is 0.684. The molecule has 1 saturated heterocycles. The standard InChI is InChI=1S/C12H15BrN4O2/c1-16-3-2-4-17(7-10(16)18)12(19)9-5-8(13)6-15-11(9)14/h5-6H,2-4,7H2,1H3,(H2,14,15). The van der Waals surface area contributed by atoms with Crippen LogP contribution in [0.4, 0.5) is 5.82 Å². The number of likely N-dealkylation sites (N-methyl/N-ethyl adjacent to an activating group) is 1. The maximum Gasteiger partial charge on any atom is 0.258 e. The van der Waals surface area contributed by atoms with Crippen molar-refractivity contribution in [2.24, 2.45) is 0 Å². The Labute approximate surface area is 119 Å². The molecule has 1 aromatic rings. The molecule has 0 spiro atoms. The summed E-state index contributed by atoms with van der Waals surface area (Å²) in [5.74, 6) is -0.138. The molecule has 1 aliphatic heterocycles. The van der Waals surface area contributed by atoms with E-state index in [1.807, 2.05) is 0 Å². The zero-order chi connectivity index (χ0) is 14.0. The summed E-state index contributed by atoms with van der Waals surface area (Å²) in [6.45, 7) is 1.29.